The fraction of sp³-hybridized carbons (Fsp3) is 0.294. The Kier molecular flexibility index (Phi) is 4.62. The summed E-state index contributed by atoms with van der Waals surface area (Å²) in [6.45, 7) is 0.678. The molecule has 0 radical (unpaired) electrons. The van der Waals surface area contributed by atoms with Crippen LogP contribution in [0.3, 0.4) is 0 Å². The molecule has 2 amide bonds. The van der Waals surface area contributed by atoms with E-state index in [1.165, 1.54) is 11.3 Å². The maximum absolute atomic E-state index is 12.2. The summed E-state index contributed by atoms with van der Waals surface area (Å²) < 4.78 is 5.37. The molecule has 2 aromatic rings. The largest absolute Gasteiger partial charge is 0.495 e. The first-order valence-electron chi connectivity index (χ1n) is 7.52. The Balaban J connectivity index is 1.86. The lowest BCUT2D eigenvalue weighted by Crippen LogP contribution is -2.35. The average Bonchev–Trinajstić information content (AvgIpc) is 3.10. The number of carbonyl (C=O) groups is 2. The molecule has 120 valence electrons. The van der Waals surface area contributed by atoms with Gasteiger partial charge in [0, 0.05) is 18.7 Å². The number of anilines is 2. The Hall–Kier alpha value is -2.34. The highest BCUT2D eigenvalue weighted by Gasteiger charge is 2.23. The van der Waals surface area contributed by atoms with Gasteiger partial charge in [-0.2, -0.15) is 0 Å². The van der Waals surface area contributed by atoms with Gasteiger partial charge in [0.2, 0.25) is 5.91 Å². The van der Waals surface area contributed by atoms with Crippen molar-refractivity contribution >= 4 is 34.5 Å². The summed E-state index contributed by atoms with van der Waals surface area (Å²) in [6.07, 6.45) is 2.45. The first-order valence-corrected chi connectivity index (χ1v) is 8.40. The molecule has 1 aromatic carbocycles. The number of rotatable bonds is 4. The van der Waals surface area contributed by atoms with E-state index in [1.807, 2.05) is 11.4 Å². The Morgan fingerprint density at radius 1 is 1.30 bits per heavy atom. The minimum absolute atomic E-state index is 0.0938. The van der Waals surface area contributed by atoms with Crippen molar-refractivity contribution in [1.82, 2.24) is 0 Å². The Labute approximate surface area is 138 Å². The van der Waals surface area contributed by atoms with Crippen molar-refractivity contribution < 1.29 is 14.3 Å². The molecule has 0 aliphatic carbocycles. The van der Waals surface area contributed by atoms with Gasteiger partial charge in [0.1, 0.15) is 5.75 Å². The second-order valence-electron chi connectivity index (χ2n) is 5.32. The Bertz CT molecular complexity index is 713. The molecule has 3 rings (SSSR count). The molecule has 1 aliphatic rings. The van der Waals surface area contributed by atoms with Gasteiger partial charge >= 0.3 is 0 Å². The summed E-state index contributed by atoms with van der Waals surface area (Å²) in [6, 6.07) is 8.97. The van der Waals surface area contributed by atoms with E-state index in [1.54, 1.807) is 36.3 Å². The summed E-state index contributed by atoms with van der Waals surface area (Å²) in [5.74, 6) is 0.576. The number of hydrogen-bond acceptors (Lipinski definition) is 4. The van der Waals surface area contributed by atoms with Crippen LogP contribution < -0.4 is 15.0 Å². The van der Waals surface area contributed by atoms with E-state index in [2.05, 4.69) is 5.32 Å². The van der Waals surface area contributed by atoms with Crippen molar-refractivity contribution in [3.63, 3.8) is 0 Å². The third kappa shape index (κ3) is 3.37. The molecule has 1 N–H and O–H groups in total. The number of methoxy groups -OCH3 is 1. The molecule has 0 bridgehead atoms. The molecule has 5 nitrogen and oxygen atoms in total. The van der Waals surface area contributed by atoms with E-state index in [4.69, 9.17) is 4.74 Å². The summed E-state index contributed by atoms with van der Waals surface area (Å²) in [5, 5.41) is 4.73. The second kappa shape index (κ2) is 6.83. The van der Waals surface area contributed by atoms with Gasteiger partial charge in [-0.05, 0) is 42.5 Å². The van der Waals surface area contributed by atoms with Gasteiger partial charge in [0.05, 0.1) is 17.7 Å². The number of piperidine rings is 1. The van der Waals surface area contributed by atoms with Gasteiger partial charge in [0.25, 0.3) is 5.91 Å². The maximum atomic E-state index is 12.2. The van der Waals surface area contributed by atoms with Crippen LogP contribution in [-0.2, 0) is 4.79 Å². The van der Waals surface area contributed by atoms with Gasteiger partial charge in [-0.3, -0.25) is 9.59 Å². The van der Waals surface area contributed by atoms with E-state index in [9.17, 15) is 9.59 Å². The van der Waals surface area contributed by atoms with Crippen molar-refractivity contribution in [3.8, 4) is 5.75 Å². The second-order valence-corrected chi connectivity index (χ2v) is 6.27. The van der Waals surface area contributed by atoms with Crippen molar-refractivity contribution in [2.24, 2.45) is 0 Å². The van der Waals surface area contributed by atoms with Crippen molar-refractivity contribution in [3.05, 3.63) is 40.6 Å². The van der Waals surface area contributed by atoms with Crippen LogP contribution in [0.25, 0.3) is 0 Å². The van der Waals surface area contributed by atoms with Crippen LogP contribution in [-0.4, -0.2) is 25.5 Å². The van der Waals surface area contributed by atoms with Gasteiger partial charge in [0.15, 0.2) is 0 Å². The maximum Gasteiger partial charge on any atom is 0.265 e. The number of ether oxygens (including phenoxy) is 1. The molecular formula is C17H18N2O3S. The normalized spacial score (nSPS) is 14.7. The lowest BCUT2D eigenvalue weighted by Gasteiger charge is -2.28. The van der Waals surface area contributed by atoms with Gasteiger partial charge in [-0.25, -0.2) is 0 Å². The average molecular weight is 330 g/mol. The van der Waals surface area contributed by atoms with E-state index >= 15 is 0 Å². The molecule has 1 aromatic heterocycles. The smallest absolute Gasteiger partial charge is 0.265 e. The minimum atomic E-state index is -0.152. The third-order valence-corrected chi connectivity index (χ3v) is 4.66. The molecule has 1 fully saturated rings. The number of benzene rings is 1. The number of nitrogens with one attached hydrogen (secondary N) is 1. The first-order chi connectivity index (χ1) is 11.2. The highest BCUT2D eigenvalue weighted by molar-refractivity contribution is 7.12. The topological polar surface area (TPSA) is 58.6 Å². The predicted octanol–water partition coefficient (Wildman–Crippen LogP) is 3.53. The van der Waals surface area contributed by atoms with Crippen LogP contribution in [0, 0.1) is 0 Å². The van der Waals surface area contributed by atoms with Crippen LogP contribution in [0.1, 0.15) is 28.9 Å². The molecule has 0 atom stereocenters. The number of nitrogens with zero attached hydrogens (tertiary/aromatic N) is 1. The van der Waals surface area contributed by atoms with Crippen molar-refractivity contribution in [1.29, 1.82) is 0 Å². The number of hydrogen-bond donors (Lipinski definition) is 1. The zero-order valence-corrected chi connectivity index (χ0v) is 13.7. The Morgan fingerprint density at radius 2 is 2.17 bits per heavy atom. The number of amides is 2. The van der Waals surface area contributed by atoms with Crippen molar-refractivity contribution in [2.45, 2.75) is 19.3 Å². The first kappa shape index (κ1) is 15.6. The molecular weight excluding hydrogens is 312 g/mol. The molecule has 23 heavy (non-hydrogen) atoms. The quantitative estimate of drug-likeness (QED) is 0.933. The van der Waals surface area contributed by atoms with Crippen LogP contribution >= 0.6 is 11.3 Å². The molecule has 0 saturated carbocycles. The number of thiophene rings is 1. The van der Waals surface area contributed by atoms with Gasteiger partial charge in [-0.1, -0.05) is 6.07 Å². The van der Waals surface area contributed by atoms with E-state index in [0.717, 1.165) is 12.8 Å². The van der Waals surface area contributed by atoms with E-state index in [0.29, 0.717) is 35.0 Å². The molecule has 0 spiro atoms. The highest BCUT2D eigenvalue weighted by atomic mass is 32.1. The monoisotopic (exact) mass is 330 g/mol. The summed E-state index contributed by atoms with van der Waals surface area (Å²) in [4.78, 5) is 26.7. The standard InChI is InChI=1S/C17H18N2O3S/c1-22-14-8-7-12(18-17(21)15-5-4-10-23-15)11-13(14)19-9-3-2-6-16(19)20/h4-5,7-8,10-11H,2-3,6,9H2,1H3,(H,18,21). The minimum Gasteiger partial charge on any atom is -0.495 e. The van der Waals surface area contributed by atoms with Crippen LogP contribution in [0.5, 0.6) is 5.75 Å². The molecule has 6 heteroatoms. The fourth-order valence-electron chi connectivity index (χ4n) is 2.64. The number of carbonyl (C=O) groups excluding carboxylic acids is 2. The molecule has 1 aliphatic heterocycles. The summed E-state index contributed by atoms with van der Waals surface area (Å²) in [5.41, 5.74) is 1.36. The molecule has 0 unspecified atom stereocenters. The zero-order chi connectivity index (χ0) is 16.2. The third-order valence-electron chi connectivity index (χ3n) is 3.80. The predicted molar refractivity (Wildman–Crippen MR) is 91.5 cm³/mol. The fourth-order valence-corrected chi connectivity index (χ4v) is 3.26. The summed E-state index contributed by atoms with van der Waals surface area (Å²) in [7, 11) is 1.58. The van der Waals surface area contributed by atoms with Crippen LogP contribution in [0.4, 0.5) is 11.4 Å². The van der Waals surface area contributed by atoms with Crippen molar-refractivity contribution in [2.75, 3.05) is 23.9 Å². The lowest BCUT2D eigenvalue weighted by atomic mass is 10.1. The highest BCUT2D eigenvalue weighted by Crippen LogP contribution is 2.33. The molecule has 1 saturated heterocycles. The Morgan fingerprint density at radius 3 is 2.87 bits per heavy atom. The summed E-state index contributed by atoms with van der Waals surface area (Å²) >= 11 is 1.39. The van der Waals surface area contributed by atoms with Gasteiger partial charge < -0.3 is 15.0 Å². The zero-order valence-electron chi connectivity index (χ0n) is 12.9. The van der Waals surface area contributed by atoms with E-state index in [-0.39, 0.29) is 11.8 Å². The molecule has 2 heterocycles. The van der Waals surface area contributed by atoms with Crippen LogP contribution in [0.15, 0.2) is 35.7 Å². The van der Waals surface area contributed by atoms with Crippen LogP contribution in [0.2, 0.25) is 0 Å². The van der Waals surface area contributed by atoms with Gasteiger partial charge in [-0.15, -0.1) is 11.3 Å². The lowest BCUT2D eigenvalue weighted by molar-refractivity contribution is -0.119. The SMILES string of the molecule is COc1ccc(NC(=O)c2cccs2)cc1N1CCCCC1=O. The van der Waals surface area contributed by atoms with E-state index < -0.39 is 0 Å².